The molecule has 260 valence electrons. The first-order valence-electron chi connectivity index (χ1n) is 17.2. The second-order valence-corrected chi connectivity index (χ2v) is 15.1. The summed E-state index contributed by atoms with van der Waals surface area (Å²) in [6.07, 6.45) is 0.593. The molecule has 8 nitrogen and oxygen atoms in total. The quantitative estimate of drug-likeness (QED) is 0.135. The average molecular weight is 725 g/mol. The summed E-state index contributed by atoms with van der Waals surface area (Å²) in [6, 6.07) is 40.1. The number of hydrogen-bond acceptors (Lipinski definition) is 9. The van der Waals surface area contributed by atoms with Gasteiger partial charge in [-0.25, -0.2) is 9.97 Å². The molecule has 4 atom stereocenters. The third kappa shape index (κ3) is 7.48. The number of amides is 1. The van der Waals surface area contributed by atoms with Crippen LogP contribution in [0.2, 0.25) is 0 Å². The summed E-state index contributed by atoms with van der Waals surface area (Å²) < 4.78 is 15.7. The summed E-state index contributed by atoms with van der Waals surface area (Å²) in [5.41, 5.74) is 8.55. The summed E-state index contributed by atoms with van der Waals surface area (Å²) in [5.74, 6) is 0.515. The van der Waals surface area contributed by atoms with Crippen LogP contribution in [0.15, 0.2) is 132 Å². The van der Waals surface area contributed by atoms with Crippen LogP contribution in [0.4, 0.5) is 0 Å². The highest BCUT2D eigenvalue weighted by Gasteiger charge is 2.38. The van der Waals surface area contributed by atoms with Gasteiger partial charge >= 0.3 is 0 Å². The SMILES string of the molecule is C[C@@H]1[C@H](CSc2nc3ccccc3s2)O[C@H](c2cccc(-c3cccc(CNC(=O)c4cnc5ccccc5n4)c3)c2)O[C@@H]1c1ccc(CO)cc1. The summed E-state index contributed by atoms with van der Waals surface area (Å²) in [5, 5.41) is 12.6. The minimum atomic E-state index is -0.592. The van der Waals surface area contributed by atoms with Crippen LogP contribution in [0, 0.1) is 5.92 Å². The molecular weight excluding hydrogens is 689 g/mol. The van der Waals surface area contributed by atoms with Gasteiger partial charge in [0.25, 0.3) is 5.91 Å². The van der Waals surface area contributed by atoms with Crippen LogP contribution in [0.5, 0.6) is 0 Å². The van der Waals surface area contributed by atoms with Crippen LogP contribution in [0.3, 0.4) is 0 Å². The molecule has 52 heavy (non-hydrogen) atoms. The second-order valence-electron chi connectivity index (χ2n) is 12.8. The smallest absolute Gasteiger partial charge is 0.271 e. The van der Waals surface area contributed by atoms with Crippen molar-refractivity contribution in [1.29, 1.82) is 0 Å². The number of para-hydroxylation sites is 3. The predicted octanol–water partition coefficient (Wildman–Crippen LogP) is 8.91. The van der Waals surface area contributed by atoms with Crippen LogP contribution in [0.1, 0.15) is 52.1 Å². The fourth-order valence-corrected chi connectivity index (χ4v) is 8.70. The Hall–Kier alpha value is -4.97. The lowest BCUT2D eigenvalue weighted by Crippen LogP contribution is -2.38. The van der Waals surface area contributed by atoms with Gasteiger partial charge in [0.05, 0.1) is 46.3 Å². The molecule has 10 heteroatoms. The molecule has 0 aliphatic carbocycles. The van der Waals surface area contributed by atoms with E-state index in [2.05, 4.69) is 52.5 Å². The van der Waals surface area contributed by atoms with Crippen LogP contribution in [0.25, 0.3) is 32.4 Å². The van der Waals surface area contributed by atoms with E-state index in [4.69, 9.17) is 14.5 Å². The number of ether oxygens (including phenoxy) is 2. The van der Waals surface area contributed by atoms with Crippen LogP contribution in [-0.2, 0) is 22.6 Å². The number of thiazole rings is 1. The molecule has 1 amide bonds. The van der Waals surface area contributed by atoms with E-state index >= 15 is 0 Å². The number of thioether (sulfide) groups is 1. The number of rotatable bonds is 10. The number of nitrogens with one attached hydrogen (secondary N) is 1. The molecule has 1 fully saturated rings. The van der Waals surface area contributed by atoms with Gasteiger partial charge in [0.15, 0.2) is 10.6 Å². The van der Waals surface area contributed by atoms with Crippen molar-refractivity contribution in [3.05, 3.63) is 155 Å². The fraction of sp³-hybridized carbons (Fsp3) is 0.190. The molecule has 2 N–H and O–H groups in total. The van der Waals surface area contributed by atoms with E-state index in [1.54, 1.807) is 23.1 Å². The molecule has 1 saturated heterocycles. The normalized spacial score (nSPS) is 18.8. The Labute approximate surface area is 309 Å². The molecule has 5 aromatic carbocycles. The molecular formula is C42H36N4O4S2. The molecule has 8 rings (SSSR count). The van der Waals surface area contributed by atoms with Crippen molar-refractivity contribution in [2.24, 2.45) is 5.92 Å². The van der Waals surface area contributed by atoms with Gasteiger partial charge in [-0.3, -0.25) is 9.78 Å². The predicted molar refractivity (Wildman–Crippen MR) is 206 cm³/mol. The van der Waals surface area contributed by atoms with E-state index in [0.717, 1.165) is 54.5 Å². The lowest BCUT2D eigenvalue weighted by atomic mass is 9.91. The molecule has 7 aromatic rings. The van der Waals surface area contributed by atoms with E-state index < -0.39 is 6.29 Å². The highest BCUT2D eigenvalue weighted by Crippen LogP contribution is 2.44. The zero-order valence-electron chi connectivity index (χ0n) is 28.4. The Bertz CT molecular complexity index is 2310. The Morgan fingerprint density at radius 2 is 1.54 bits per heavy atom. The van der Waals surface area contributed by atoms with Crippen LogP contribution in [-0.4, -0.2) is 37.8 Å². The van der Waals surface area contributed by atoms with E-state index in [9.17, 15) is 9.90 Å². The van der Waals surface area contributed by atoms with Gasteiger partial charge in [0.2, 0.25) is 0 Å². The maximum Gasteiger partial charge on any atom is 0.271 e. The highest BCUT2D eigenvalue weighted by atomic mass is 32.2. The van der Waals surface area contributed by atoms with Gasteiger partial charge in [0.1, 0.15) is 5.69 Å². The van der Waals surface area contributed by atoms with Gasteiger partial charge in [-0.15, -0.1) is 11.3 Å². The van der Waals surface area contributed by atoms with Crippen molar-refractivity contribution >= 4 is 50.3 Å². The average Bonchev–Trinajstić information content (AvgIpc) is 3.63. The number of aliphatic hydroxyl groups is 1. The van der Waals surface area contributed by atoms with Crippen molar-refractivity contribution < 1.29 is 19.4 Å². The Balaban J connectivity index is 1.01. The lowest BCUT2D eigenvalue weighted by Gasteiger charge is -2.41. The highest BCUT2D eigenvalue weighted by molar-refractivity contribution is 8.01. The summed E-state index contributed by atoms with van der Waals surface area (Å²) in [6.45, 7) is 2.52. The number of fused-ring (bicyclic) bond motifs is 2. The maximum atomic E-state index is 13.0. The zero-order chi connectivity index (χ0) is 35.4. The number of aromatic nitrogens is 3. The van der Waals surface area contributed by atoms with E-state index in [1.807, 2.05) is 91.0 Å². The number of hydrogen-bond donors (Lipinski definition) is 2. The van der Waals surface area contributed by atoms with Gasteiger partial charge < -0.3 is 19.9 Å². The Morgan fingerprint density at radius 3 is 2.35 bits per heavy atom. The largest absolute Gasteiger partial charge is 0.392 e. The van der Waals surface area contributed by atoms with Crippen LogP contribution >= 0.6 is 23.1 Å². The number of carbonyl (C=O) groups excluding carboxylic acids is 1. The molecule has 0 radical (unpaired) electrons. The molecule has 0 bridgehead atoms. The van der Waals surface area contributed by atoms with Crippen molar-refractivity contribution in [3.8, 4) is 11.1 Å². The zero-order valence-corrected chi connectivity index (χ0v) is 30.0. The second kappa shape index (κ2) is 15.3. The van der Waals surface area contributed by atoms with E-state index in [1.165, 1.54) is 10.9 Å². The third-order valence-electron chi connectivity index (χ3n) is 9.32. The van der Waals surface area contributed by atoms with Crippen molar-refractivity contribution in [3.63, 3.8) is 0 Å². The first kappa shape index (κ1) is 34.1. The fourth-order valence-electron chi connectivity index (χ4n) is 6.44. The molecule has 1 aliphatic heterocycles. The van der Waals surface area contributed by atoms with Gasteiger partial charge in [-0.1, -0.05) is 104 Å². The maximum absolute atomic E-state index is 13.0. The number of carbonyl (C=O) groups is 1. The monoisotopic (exact) mass is 724 g/mol. The molecule has 0 saturated carbocycles. The first-order valence-corrected chi connectivity index (χ1v) is 19.0. The van der Waals surface area contributed by atoms with Crippen LogP contribution < -0.4 is 5.32 Å². The summed E-state index contributed by atoms with van der Waals surface area (Å²) >= 11 is 3.42. The van der Waals surface area contributed by atoms with E-state index in [-0.39, 0.29) is 36.3 Å². The van der Waals surface area contributed by atoms with Crippen molar-refractivity contribution in [2.75, 3.05) is 5.75 Å². The number of benzene rings is 5. The number of nitrogens with zero attached hydrogens (tertiary/aromatic N) is 3. The number of aliphatic hydroxyl groups excluding tert-OH is 1. The molecule has 3 heterocycles. The van der Waals surface area contributed by atoms with Crippen molar-refractivity contribution in [1.82, 2.24) is 20.3 Å². The topological polar surface area (TPSA) is 106 Å². The first-order chi connectivity index (χ1) is 25.5. The summed E-state index contributed by atoms with van der Waals surface area (Å²) in [4.78, 5) is 26.6. The molecule has 0 unspecified atom stereocenters. The van der Waals surface area contributed by atoms with Crippen molar-refractivity contribution in [2.45, 2.75) is 42.9 Å². The van der Waals surface area contributed by atoms with E-state index in [0.29, 0.717) is 12.1 Å². The molecule has 2 aromatic heterocycles. The summed E-state index contributed by atoms with van der Waals surface area (Å²) in [7, 11) is 0. The van der Waals surface area contributed by atoms with Gasteiger partial charge in [0, 0.05) is 23.8 Å². The molecule has 1 aliphatic rings. The third-order valence-corrected chi connectivity index (χ3v) is 11.6. The Morgan fingerprint density at radius 1 is 0.788 bits per heavy atom. The minimum Gasteiger partial charge on any atom is -0.392 e. The molecule has 0 spiro atoms. The van der Waals surface area contributed by atoms with Gasteiger partial charge in [-0.2, -0.15) is 0 Å². The minimum absolute atomic E-state index is 0.00593. The standard InChI is InChI=1S/C42H36N4O4S2/c1-26-37(25-51-42-46-35-14-4-5-15-38(35)52-42)49-41(50-39(26)29-18-16-27(24-47)17-19-29)32-11-7-10-31(21-32)30-9-6-8-28(20-30)22-44-40(48)36-23-43-33-12-2-3-13-34(33)45-36/h2-21,23,26,37,39,41,47H,22,24-25H2,1H3,(H,44,48)/t26-,37+,39+,41+/m1/s1. The lowest BCUT2D eigenvalue weighted by molar-refractivity contribution is -0.268. The van der Waals surface area contributed by atoms with Gasteiger partial charge in [-0.05, 0) is 64.2 Å². The Kier molecular flexibility index (Phi) is 10.1.